The number of nitrogens with zero attached hydrogens (tertiary/aromatic N) is 1. The number of carbonyl (C=O) groups excluding carboxylic acids is 5. The largest absolute Gasteiger partial charge is 0.458 e. The number of nitrogens with two attached hydrogens (primary N) is 1. The average molecular weight is 597 g/mol. The third-order valence-corrected chi connectivity index (χ3v) is 5.98. The number of hydrogen-bond acceptors (Lipinski definition) is 7. The Hall–Kier alpha value is -4.41. The first-order chi connectivity index (χ1) is 20.0. The number of rotatable bonds is 12. The van der Waals surface area contributed by atoms with E-state index in [-0.39, 0.29) is 13.0 Å². The fraction of sp³-hybridized carbons (Fsp3) is 0.469. The van der Waals surface area contributed by atoms with Crippen LogP contribution >= 0.6 is 0 Å². The lowest BCUT2D eigenvalue weighted by atomic mass is 10.0. The number of likely N-dealkylation sites (N-methyl/N-ethyl adjacent to an activating group) is 1. The molecule has 0 aromatic heterocycles. The molecule has 11 nitrogen and oxygen atoms in total. The van der Waals surface area contributed by atoms with Crippen molar-refractivity contribution in [3.8, 4) is 0 Å². The van der Waals surface area contributed by atoms with E-state index in [2.05, 4.69) is 10.6 Å². The number of ether oxygens (including phenoxy) is 2. The highest BCUT2D eigenvalue weighted by molar-refractivity contribution is 5.95. The van der Waals surface area contributed by atoms with E-state index in [0.717, 1.165) is 5.56 Å². The van der Waals surface area contributed by atoms with Crippen molar-refractivity contribution in [1.82, 2.24) is 15.5 Å². The van der Waals surface area contributed by atoms with Crippen molar-refractivity contribution in [2.45, 2.75) is 90.6 Å². The molecule has 11 heteroatoms. The van der Waals surface area contributed by atoms with Crippen molar-refractivity contribution in [3.63, 3.8) is 0 Å². The van der Waals surface area contributed by atoms with E-state index < -0.39 is 65.5 Å². The third kappa shape index (κ3) is 11.8. The Kier molecular flexibility index (Phi) is 12.3. The molecule has 0 saturated heterocycles. The molecule has 3 unspecified atom stereocenters. The summed E-state index contributed by atoms with van der Waals surface area (Å²) in [5.74, 6) is -2.85. The zero-order valence-corrected chi connectivity index (χ0v) is 26.0. The standard InChI is InChI=1S/C32H44N4O7/c1-8-36(28(39)23(20-25(33)37)35-30(41)43-32(5,6)7)26(22-17-13-10-14-18-22)27(38)34-24(29(40)42-31(2,3)4)19-21-15-11-9-12-16-21/h9-18,23-24,26H,8,19-20H2,1-7H3,(H2,33,37)(H,34,38)(H,35,41). The molecular weight excluding hydrogens is 552 g/mol. The lowest BCUT2D eigenvalue weighted by Gasteiger charge is -2.34. The van der Waals surface area contributed by atoms with Gasteiger partial charge in [-0.15, -0.1) is 0 Å². The van der Waals surface area contributed by atoms with Crippen LogP contribution in [0, 0.1) is 0 Å². The lowest BCUT2D eigenvalue weighted by Crippen LogP contribution is -2.55. The quantitative estimate of drug-likeness (QED) is 0.317. The zero-order chi connectivity index (χ0) is 32.4. The van der Waals surface area contributed by atoms with E-state index in [1.165, 1.54) is 4.90 Å². The molecule has 2 rings (SSSR count). The summed E-state index contributed by atoms with van der Waals surface area (Å²) in [6.07, 6.45) is -1.29. The Bertz CT molecular complexity index is 1250. The first kappa shape index (κ1) is 34.8. The van der Waals surface area contributed by atoms with Crippen LogP contribution in [-0.2, 0) is 35.1 Å². The normalized spacial score (nSPS) is 13.6. The molecule has 43 heavy (non-hydrogen) atoms. The van der Waals surface area contributed by atoms with Crippen LogP contribution in [0.15, 0.2) is 60.7 Å². The molecule has 0 aliphatic heterocycles. The maximum absolute atomic E-state index is 14.1. The molecule has 3 atom stereocenters. The minimum atomic E-state index is -1.41. The van der Waals surface area contributed by atoms with E-state index >= 15 is 0 Å². The predicted octanol–water partition coefficient (Wildman–Crippen LogP) is 3.41. The van der Waals surface area contributed by atoms with Gasteiger partial charge >= 0.3 is 12.1 Å². The van der Waals surface area contributed by atoms with Gasteiger partial charge < -0.3 is 30.7 Å². The van der Waals surface area contributed by atoms with Crippen LogP contribution in [0.3, 0.4) is 0 Å². The first-order valence-electron chi connectivity index (χ1n) is 14.2. The Morgan fingerprint density at radius 3 is 1.81 bits per heavy atom. The highest BCUT2D eigenvalue weighted by atomic mass is 16.6. The molecule has 0 heterocycles. The van der Waals surface area contributed by atoms with E-state index in [0.29, 0.717) is 5.56 Å². The molecule has 4 amide bonds. The fourth-order valence-electron chi connectivity index (χ4n) is 4.29. The summed E-state index contributed by atoms with van der Waals surface area (Å²) in [5.41, 5.74) is 4.98. The van der Waals surface area contributed by atoms with Gasteiger partial charge in [0.2, 0.25) is 17.7 Å². The number of hydrogen-bond donors (Lipinski definition) is 3. The van der Waals surface area contributed by atoms with E-state index in [4.69, 9.17) is 15.2 Å². The van der Waals surface area contributed by atoms with Crippen LogP contribution < -0.4 is 16.4 Å². The van der Waals surface area contributed by atoms with Crippen molar-refractivity contribution in [2.75, 3.05) is 6.54 Å². The Labute approximate surface area is 253 Å². The van der Waals surface area contributed by atoms with Gasteiger partial charge in [0.25, 0.3) is 0 Å². The molecule has 0 bridgehead atoms. The molecule has 4 N–H and O–H groups in total. The van der Waals surface area contributed by atoms with Gasteiger partial charge in [-0.3, -0.25) is 14.4 Å². The van der Waals surface area contributed by atoms with Gasteiger partial charge in [-0.05, 0) is 59.6 Å². The van der Waals surface area contributed by atoms with Gasteiger partial charge in [0.1, 0.15) is 29.3 Å². The summed E-state index contributed by atoms with van der Waals surface area (Å²) in [5, 5.41) is 5.22. The average Bonchev–Trinajstić information content (AvgIpc) is 2.89. The first-order valence-corrected chi connectivity index (χ1v) is 14.2. The molecule has 2 aromatic rings. The maximum atomic E-state index is 14.1. The number of primary amides is 1. The number of alkyl carbamates (subject to hydrolysis) is 1. The summed E-state index contributed by atoms with van der Waals surface area (Å²) in [7, 11) is 0. The predicted molar refractivity (Wildman–Crippen MR) is 161 cm³/mol. The summed E-state index contributed by atoms with van der Waals surface area (Å²) in [4.78, 5) is 66.9. The summed E-state index contributed by atoms with van der Waals surface area (Å²) < 4.78 is 10.9. The number of amides is 4. The molecule has 0 saturated carbocycles. The molecule has 0 radical (unpaired) electrons. The van der Waals surface area contributed by atoms with Crippen LogP contribution in [0.1, 0.15) is 72.1 Å². The Morgan fingerprint density at radius 2 is 1.33 bits per heavy atom. The minimum absolute atomic E-state index is 0.0207. The van der Waals surface area contributed by atoms with E-state index in [1.54, 1.807) is 78.8 Å². The molecule has 0 aliphatic carbocycles. The highest BCUT2D eigenvalue weighted by Gasteiger charge is 2.38. The SMILES string of the molecule is CCN(C(=O)C(CC(N)=O)NC(=O)OC(C)(C)C)C(C(=O)NC(Cc1ccccc1)C(=O)OC(C)(C)C)c1ccccc1. The van der Waals surface area contributed by atoms with Gasteiger partial charge in [-0.1, -0.05) is 60.7 Å². The van der Waals surface area contributed by atoms with Gasteiger partial charge in [0, 0.05) is 13.0 Å². The Morgan fingerprint density at radius 1 is 0.791 bits per heavy atom. The highest BCUT2D eigenvalue weighted by Crippen LogP contribution is 2.24. The Balaban J connectivity index is 2.49. The number of esters is 1. The zero-order valence-electron chi connectivity index (χ0n) is 26.0. The van der Waals surface area contributed by atoms with Gasteiger partial charge in [-0.25, -0.2) is 9.59 Å². The molecule has 0 spiro atoms. The van der Waals surface area contributed by atoms with Crippen LogP contribution in [0.25, 0.3) is 0 Å². The van der Waals surface area contributed by atoms with Crippen LogP contribution in [0.5, 0.6) is 0 Å². The van der Waals surface area contributed by atoms with Gasteiger partial charge in [0.05, 0.1) is 6.42 Å². The van der Waals surface area contributed by atoms with Crippen LogP contribution in [-0.4, -0.2) is 64.5 Å². The molecule has 2 aromatic carbocycles. The van der Waals surface area contributed by atoms with Gasteiger partial charge in [-0.2, -0.15) is 0 Å². The molecule has 0 fully saturated rings. The van der Waals surface area contributed by atoms with E-state index in [1.807, 2.05) is 30.3 Å². The summed E-state index contributed by atoms with van der Waals surface area (Å²) in [6, 6.07) is 14.0. The van der Waals surface area contributed by atoms with Crippen molar-refractivity contribution in [2.24, 2.45) is 5.73 Å². The summed E-state index contributed by atoms with van der Waals surface area (Å²) in [6.45, 7) is 11.8. The number of benzene rings is 2. The number of nitrogens with one attached hydrogen (secondary N) is 2. The molecular formula is C32H44N4O7. The topological polar surface area (TPSA) is 157 Å². The van der Waals surface area contributed by atoms with Gasteiger partial charge in [0.15, 0.2) is 0 Å². The van der Waals surface area contributed by atoms with Crippen LogP contribution in [0.2, 0.25) is 0 Å². The second-order valence-corrected chi connectivity index (χ2v) is 12.1. The third-order valence-electron chi connectivity index (χ3n) is 5.98. The minimum Gasteiger partial charge on any atom is -0.458 e. The monoisotopic (exact) mass is 596 g/mol. The summed E-state index contributed by atoms with van der Waals surface area (Å²) >= 11 is 0. The second kappa shape index (κ2) is 15.2. The fourth-order valence-corrected chi connectivity index (χ4v) is 4.29. The maximum Gasteiger partial charge on any atom is 0.408 e. The van der Waals surface area contributed by atoms with Crippen LogP contribution in [0.4, 0.5) is 4.79 Å². The molecule has 234 valence electrons. The smallest absolute Gasteiger partial charge is 0.408 e. The number of carbonyl (C=O) groups is 5. The van der Waals surface area contributed by atoms with Crippen molar-refractivity contribution < 1.29 is 33.4 Å². The lowest BCUT2D eigenvalue weighted by molar-refractivity contribution is -0.159. The second-order valence-electron chi connectivity index (χ2n) is 12.1. The molecule has 0 aliphatic rings. The van der Waals surface area contributed by atoms with E-state index in [9.17, 15) is 24.0 Å². The van der Waals surface area contributed by atoms with Crippen molar-refractivity contribution in [1.29, 1.82) is 0 Å². The van der Waals surface area contributed by atoms with Crippen molar-refractivity contribution in [3.05, 3.63) is 71.8 Å². The van der Waals surface area contributed by atoms with Crippen molar-refractivity contribution >= 4 is 29.8 Å².